The largest absolute Gasteiger partial charge is 0.493 e. The van der Waals surface area contributed by atoms with Crippen molar-refractivity contribution in [3.8, 4) is 11.5 Å². The maximum atomic E-state index is 12.4. The lowest BCUT2D eigenvalue weighted by Gasteiger charge is -2.41. The Morgan fingerprint density at radius 1 is 1.17 bits per heavy atom. The summed E-state index contributed by atoms with van der Waals surface area (Å²) in [5.41, 5.74) is 3.68. The van der Waals surface area contributed by atoms with E-state index in [2.05, 4.69) is 58.9 Å². The molecular formula is C24H33N3O3. The summed E-state index contributed by atoms with van der Waals surface area (Å²) in [7, 11) is 3.32. The number of hydrogen-bond acceptors (Lipinski definition) is 4. The molecule has 1 aliphatic heterocycles. The van der Waals surface area contributed by atoms with Gasteiger partial charge in [-0.3, -0.25) is 4.90 Å². The van der Waals surface area contributed by atoms with E-state index in [-0.39, 0.29) is 18.1 Å². The molecule has 2 aromatic carbocycles. The third-order valence-corrected chi connectivity index (χ3v) is 5.62. The van der Waals surface area contributed by atoms with Gasteiger partial charge in [-0.15, -0.1) is 0 Å². The Kier molecular flexibility index (Phi) is 7.57. The monoisotopic (exact) mass is 411 g/mol. The Morgan fingerprint density at radius 2 is 1.87 bits per heavy atom. The van der Waals surface area contributed by atoms with Crippen molar-refractivity contribution in [3.05, 3.63) is 59.2 Å². The molecule has 0 saturated carbocycles. The molecule has 0 spiro atoms. The van der Waals surface area contributed by atoms with Crippen LogP contribution in [0, 0.1) is 0 Å². The normalized spacial score (nSPS) is 17.0. The van der Waals surface area contributed by atoms with Crippen molar-refractivity contribution >= 4 is 6.03 Å². The minimum absolute atomic E-state index is 0.0288. The predicted octanol–water partition coefficient (Wildman–Crippen LogP) is 3.90. The summed E-state index contributed by atoms with van der Waals surface area (Å²) in [5.74, 6) is 1.46. The first-order valence-corrected chi connectivity index (χ1v) is 10.6. The van der Waals surface area contributed by atoms with E-state index in [9.17, 15) is 4.79 Å². The van der Waals surface area contributed by atoms with Crippen molar-refractivity contribution in [1.82, 2.24) is 15.5 Å². The van der Waals surface area contributed by atoms with Gasteiger partial charge in [0, 0.05) is 25.7 Å². The second-order valence-corrected chi connectivity index (χ2v) is 7.75. The molecule has 6 heteroatoms. The number of benzene rings is 2. The van der Waals surface area contributed by atoms with Crippen LogP contribution in [0.2, 0.25) is 0 Å². The number of hydrogen-bond donors (Lipinski definition) is 2. The summed E-state index contributed by atoms with van der Waals surface area (Å²) >= 11 is 0. The Labute approximate surface area is 179 Å². The van der Waals surface area contributed by atoms with E-state index in [1.54, 1.807) is 14.2 Å². The Balaban J connectivity index is 1.93. The van der Waals surface area contributed by atoms with Gasteiger partial charge >= 0.3 is 6.03 Å². The fourth-order valence-electron chi connectivity index (χ4n) is 4.18. The first-order valence-electron chi connectivity index (χ1n) is 10.6. The van der Waals surface area contributed by atoms with E-state index in [1.165, 1.54) is 16.7 Å². The maximum absolute atomic E-state index is 12.4. The van der Waals surface area contributed by atoms with E-state index in [0.717, 1.165) is 31.7 Å². The Bertz CT molecular complexity index is 841. The quantitative estimate of drug-likeness (QED) is 0.692. The van der Waals surface area contributed by atoms with Crippen LogP contribution in [-0.2, 0) is 13.0 Å². The fraction of sp³-hybridized carbons (Fsp3) is 0.458. The van der Waals surface area contributed by atoms with Crippen LogP contribution in [0.5, 0.6) is 11.5 Å². The molecule has 30 heavy (non-hydrogen) atoms. The van der Waals surface area contributed by atoms with E-state index in [0.29, 0.717) is 12.3 Å². The lowest BCUT2D eigenvalue weighted by molar-refractivity contribution is 0.143. The van der Waals surface area contributed by atoms with E-state index in [1.807, 2.05) is 13.0 Å². The van der Waals surface area contributed by atoms with Gasteiger partial charge in [-0.2, -0.15) is 0 Å². The summed E-state index contributed by atoms with van der Waals surface area (Å²) in [6.07, 6.45) is 1.83. The van der Waals surface area contributed by atoms with Crippen molar-refractivity contribution in [3.63, 3.8) is 0 Å². The van der Waals surface area contributed by atoms with Crippen molar-refractivity contribution in [2.24, 2.45) is 0 Å². The van der Waals surface area contributed by atoms with Gasteiger partial charge < -0.3 is 20.1 Å². The third kappa shape index (κ3) is 5.05. The second kappa shape index (κ2) is 10.3. The number of rotatable bonds is 8. The number of nitrogens with one attached hydrogen (secondary N) is 2. The summed E-state index contributed by atoms with van der Waals surface area (Å²) in [6, 6.07) is 14.4. The first kappa shape index (κ1) is 22.0. The zero-order valence-electron chi connectivity index (χ0n) is 18.4. The third-order valence-electron chi connectivity index (χ3n) is 5.62. The van der Waals surface area contributed by atoms with Crippen LogP contribution in [0.4, 0.5) is 4.79 Å². The average Bonchev–Trinajstić information content (AvgIpc) is 2.77. The molecule has 2 aromatic rings. The highest BCUT2D eigenvalue weighted by Crippen LogP contribution is 2.40. The summed E-state index contributed by atoms with van der Waals surface area (Å²) in [6.45, 7) is 6.51. The molecule has 2 atom stereocenters. The van der Waals surface area contributed by atoms with Gasteiger partial charge in [0.1, 0.15) is 0 Å². The average molecular weight is 412 g/mol. The number of carbonyl (C=O) groups is 1. The van der Waals surface area contributed by atoms with Crippen LogP contribution in [0.15, 0.2) is 42.5 Å². The minimum Gasteiger partial charge on any atom is -0.493 e. The van der Waals surface area contributed by atoms with E-state index in [4.69, 9.17) is 9.47 Å². The zero-order valence-corrected chi connectivity index (χ0v) is 18.4. The SMILES string of the molecule is CCCNC(=O)N[C@H](C)[C@@H]1c2cc(OC)c(OC)cc2CCN1Cc1ccccc1. The molecule has 0 unspecified atom stereocenters. The van der Waals surface area contributed by atoms with Gasteiger partial charge in [0.05, 0.1) is 20.3 Å². The van der Waals surface area contributed by atoms with Crippen molar-refractivity contribution in [2.75, 3.05) is 27.3 Å². The molecule has 0 fully saturated rings. The van der Waals surface area contributed by atoms with Gasteiger partial charge in [0.25, 0.3) is 0 Å². The number of fused-ring (bicyclic) bond motifs is 1. The van der Waals surface area contributed by atoms with Gasteiger partial charge in [-0.25, -0.2) is 4.79 Å². The number of nitrogens with zero attached hydrogens (tertiary/aromatic N) is 1. The van der Waals surface area contributed by atoms with Crippen LogP contribution in [-0.4, -0.2) is 44.3 Å². The second-order valence-electron chi connectivity index (χ2n) is 7.75. The van der Waals surface area contributed by atoms with Crippen molar-refractivity contribution in [1.29, 1.82) is 0 Å². The zero-order chi connectivity index (χ0) is 21.5. The molecule has 0 aliphatic carbocycles. The molecule has 3 rings (SSSR count). The Hall–Kier alpha value is -2.73. The minimum atomic E-state index is -0.128. The lowest BCUT2D eigenvalue weighted by Crippen LogP contribution is -2.49. The fourth-order valence-corrected chi connectivity index (χ4v) is 4.18. The van der Waals surface area contributed by atoms with Crippen LogP contribution in [0.1, 0.15) is 43.0 Å². The highest BCUT2D eigenvalue weighted by Gasteiger charge is 2.33. The highest BCUT2D eigenvalue weighted by molar-refractivity contribution is 5.74. The lowest BCUT2D eigenvalue weighted by atomic mass is 9.87. The van der Waals surface area contributed by atoms with Crippen LogP contribution < -0.4 is 20.1 Å². The maximum Gasteiger partial charge on any atom is 0.315 e. The highest BCUT2D eigenvalue weighted by atomic mass is 16.5. The molecule has 2 amide bonds. The Morgan fingerprint density at radius 3 is 2.53 bits per heavy atom. The van der Waals surface area contributed by atoms with Crippen LogP contribution >= 0.6 is 0 Å². The van der Waals surface area contributed by atoms with Crippen molar-refractivity contribution in [2.45, 2.75) is 45.3 Å². The molecule has 0 bridgehead atoms. The molecule has 0 radical (unpaired) electrons. The molecule has 6 nitrogen and oxygen atoms in total. The van der Waals surface area contributed by atoms with Crippen LogP contribution in [0.25, 0.3) is 0 Å². The molecule has 0 saturated heterocycles. The van der Waals surface area contributed by atoms with Crippen LogP contribution in [0.3, 0.4) is 0 Å². The molecule has 1 heterocycles. The number of amides is 2. The summed E-state index contributed by atoms with van der Waals surface area (Å²) in [4.78, 5) is 14.8. The standard InChI is InChI=1S/C24H33N3O3/c1-5-12-25-24(28)26-17(2)23-20-15-22(30-4)21(29-3)14-19(20)11-13-27(23)16-18-9-7-6-8-10-18/h6-10,14-15,17,23H,5,11-13,16H2,1-4H3,(H2,25,26,28)/t17-,23-/m1/s1. The molecule has 1 aliphatic rings. The number of urea groups is 1. The predicted molar refractivity (Wildman–Crippen MR) is 119 cm³/mol. The van der Waals surface area contributed by atoms with Crippen molar-refractivity contribution < 1.29 is 14.3 Å². The number of methoxy groups -OCH3 is 2. The first-order chi connectivity index (χ1) is 14.6. The molecule has 0 aromatic heterocycles. The van der Waals surface area contributed by atoms with E-state index >= 15 is 0 Å². The summed E-state index contributed by atoms with van der Waals surface area (Å²) in [5, 5.41) is 6.06. The van der Waals surface area contributed by atoms with Gasteiger partial charge in [0.15, 0.2) is 11.5 Å². The van der Waals surface area contributed by atoms with Gasteiger partial charge in [-0.1, -0.05) is 37.3 Å². The topological polar surface area (TPSA) is 62.8 Å². The molecular weight excluding hydrogens is 378 g/mol. The van der Waals surface area contributed by atoms with Gasteiger partial charge in [-0.05, 0) is 48.6 Å². The molecule has 162 valence electrons. The smallest absolute Gasteiger partial charge is 0.315 e. The van der Waals surface area contributed by atoms with E-state index < -0.39 is 0 Å². The number of ether oxygens (including phenoxy) is 2. The summed E-state index contributed by atoms with van der Waals surface area (Å²) < 4.78 is 11.1. The van der Waals surface area contributed by atoms with Gasteiger partial charge in [0.2, 0.25) is 0 Å². The molecule has 2 N–H and O–H groups in total. The number of carbonyl (C=O) groups excluding carboxylic acids is 1.